The zero-order valence-electron chi connectivity index (χ0n) is 17.7. The molecular weight excluding hydrogens is 439 g/mol. The summed E-state index contributed by atoms with van der Waals surface area (Å²) < 4.78 is 0. The van der Waals surface area contributed by atoms with Gasteiger partial charge in [0.1, 0.15) is 6.04 Å². The van der Waals surface area contributed by atoms with Crippen molar-refractivity contribution in [3.63, 3.8) is 0 Å². The van der Waals surface area contributed by atoms with Gasteiger partial charge in [0, 0.05) is 29.2 Å². The minimum Gasteiger partial charge on any atom is -0.350 e. The van der Waals surface area contributed by atoms with Crippen LogP contribution in [0.15, 0.2) is 53.4 Å². The largest absolute Gasteiger partial charge is 0.350 e. The number of hydrogen-bond donors (Lipinski definition) is 1. The van der Waals surface area contributed by atoms with Crippen LogP contribution in [0.4, 0.5) is 0 Å². The Kier molecular flexibility index (Phi) is 9.08. The summed E-state index contributed by atoms with van der Waals surface area (Å²) >= 11 is 13.8. The fourth-order valence-electron chi connectivity index (χ4n) is 2.81. The normalized spacial score (nSPS) is 12.3. The molecule has 30 heavy (non-hydrogen) atoms. The number of halogens is 2. The minimum atomic E-state index is -0.618. The first-order valence-corrected chi connectivity index (χ1v) is 11.5. The smallest absolute Gasteiger partial charge is 0.242 e. The monoisotopic (exact) mass is 466 g/mol. The maximum absolute atomic E-state index is 13.1. The van der Waals surface area contributed by atoms with Gasteiger partial charge >= 0.3 is 0 Å². The number of amides is 2. The van der Waals surface area contributed by atoms with Crippen LogP contribution in [0.3, 0.4) is 0 Å². The van der Waals surface area contributed by atoms with Crippen LogP contribution in [0.2, 0.25) is 10.0 Å². The number of carbonyl (C=O) groups excluding carboxylic acids is 2. The van der Waals surface area contributed by atoms with Crippen LogP contribution in [0.25, 0.3) is 0 Å². The average molecular weight is 467 g/mol. The van der Waals surface area contributed by atoms with Crippen LogP contribution in [0.1, 0.15) is 39.7 Å². The summed E-state index contributed by atoms with van der Waals surface area (Å²) in [5.74, 6) is 0.363. The van der Waals surface area contributed by atoms with Gasteiger partial charge in [0.15, 0.2) is 0 Å². The predicted octanol–water partition coefficient (Wildman–Crippen LogP) is 5.81. The van der Waals surface area contributed by atoms with E-state index in [1.54, 1.807) is 35.7 Å². The van der Waals surface area contributed by atoms with E-state index in [-0.39, 0.29) is 23.9 Å². The lowest BCUT2D eigenvalue weighted by Gasteiger charge is -2.31. The van der Waals surface area contributed by atoms with Crippen LogP contribution >= 0.6 is 35.0 Å². The third-order valence-electron chi connectivity index (χ3n) is 4.33. The SMILES string of the molecule is C[C@H](C(=O)NC(C)(C)C)N(Cc1ccc(Cl)c(Cl)c1)C(=O)CCSc1ccccc1. The first-order chi connectivity index (χ1) is 14.1. The van der Waals surface area contributed by atoms with E-state index in [9.17, 15) is 9.59 Å². The van der Waals surface area contributed by atoms with Crippen molar-refractivity contribution in [1.82, 2.24) is 10.2 Å². The van der Waals surface area contributed by atoms with E-state index in [1.165, 1.54) is 0 Å². The number of thioether (sulfide) groups is 1. The number of nitrogens with zero attached hydrogens (tertiary/aromatic N) is 1. The van der Waals surface area contributed by atoms with Gasteiger partial charge in [-0.1, -0.05) is 47.5 Å². The van der Waals surface area contributed by atoms with Gasteiger partial charge in [0.05, 0.1) is 10.0 Å². The topological polar surface area (TPSA) is 49.4 Å². The van der Waals surface area contributed by atoms with Crippen molar-refractivity contribution in [2.75, 3.05) is 5.75 Å². The molecule has 0 radical (unpaired) electrons. The van der Waals surface area contributed by atoms with E-state index in [1.807, 2.05) is 57.2 Å². The van der Waals surface area contributed by atoms with Crippen LogP contribution in [0, 0.1) is 0 Å². The van der Waals surface area contributed by atoms with Gasteiger partial charge in [-0.2, -0.15) is 0 Å². The molecule has 0 bridgehead atoms. The lowest BCUT2D eigenvalue weighted by Crippen LogP contribution is -2.52. The van der Waals surface area contributed by atoms with Crippen LogP contribution in [-0.4, -0.2) is 34.0 Å². The predicted molar refractivity (Wildman–Crippen MR) is 126 cm³/mol. The van der Waals surface area contributed by atoms with E-state index < -0.39 is 6.04 Å². The van der Waals surface area contributed by atoms with Crippen molar-refractivity contribution in [3.05, 3.63) is 64.1 Å². The molecule has 162 valence electrons. The standard InChI is InChI=1S/C23H28Cl2N2O2S/c1-16(22(29)26-23(2,3)4)27(15-17-10-11-19(24)20(25)14-17)21(28)12-13-30-18-8-6-5-7-9-18/h5-11,14,16H,12-13,15H2,1-4H3,(H,26,29)/t16-/m1/s1. The Hall–Kier alpha value is -1.69. The second kappa shape index (κ2) is 11.1. The molecule has 1 N–H and O–H groups in total. The van der Waals surface area contributed by atoms with Gasteiger partial charge < -0.3 is 10.2 Å². The molecule has 0 aliphatic heterocycles. The quantitative estimate of drug-likeness (QED) is 0.499. The molecule has 0 fully saturated rings. The molecule has 4 nitrogen and oxygen atoms in total. The summed E-state index contributed by atoms with van der Waals surface area (Å²) in [5, 5.41) is 3.84. The van der Waals surface area contributed by atoms with Gasteiger partial charge in [0.2, 0.25) is 11.8 Å². The average Bonchev–Trinajstić information content (AvgIpc) is 2.67. The molecule has 7 heteroatoms. The molecule has 2 rings (SSSR count). The first kappa shape index (κ1) is 24.6. The summed E-state index contributed by atoms with van der Waals surface area (Å²) in [5.41, 5.74) is 0.441. The van der Waals surface area contributed by atoms with E-state index in [4.69, 9.17) is 23.2 Å². The molecule has 0 spiro atoms. The Morgan fingerprint density at radius 2 is 1.73 bits per heavy atom. The van der Waals surface area contributed by atoms with Crippen LogP contribution in [0.5, 0.6) is 0 Å². The summed E-state index contributed by atoms with van der Waals surface area (Å²) in [4.78, 5) is 28.5. The van der Waals surface area contributed by atoms with E-state index in [0.717, 1.165) is 10.5 Å². The van der Waals surface area contributed by atoms with E-state index in [2.05, 4.69) is 5.32 Å². The van der Waals surface area contributed by atoms with Crippen molar-refractivity contribution in [2.24, 2.45) is 0 Å². The molecular formula is C23H28Cl2N2O2S. The summed E-state index contributed by atoms with van der Waals surface area (Å²) in [7, 11) is 0. The summed E-state index contributed by atoms with van der Waals surface area (Å²) in [6.07, 6.45) is 0.327. The van der Waals surface area contributed by atoms with Crippen molar-refractivity contribution in [3.8, 4) is 0 Å². The van der Waals surface area contributed by atoms with Crippen molar-refractivity contribution in [1.29, 1.82) is 0 Å². The van der Waals surface area contributed by atoms with Crippen molar-refractivity contribution in [2.45, 2.75) is 57.1 Å². The number of hydrogen-bond acceptors (Lipinski definition) is 3. The zero-order chi connectivity index (χ0) is 22.3. The number of benzene rings is 2. The molecule has 2 aromatic carbocycles. The molecule has 0 unspecified atom stereocenters. The second-order valence-corrected chi connectivity index (χ2v) is 10.1. The molecule has 1 atom stereocenters. The maximum Gasteiger partial charge on any atom is 0.242 e. The molecule has 0 saturated heterocycles. The highest BCUT2D eigenvalue weighted by Gasteiger charge is 2.28. The lowest BCUT2D eigenvalue weighted by atomic mass is 10.1. The van der Waals surface area contributed by atoms with Crippen molar-refractivity contribution < 1.29 is 9.59 Å². The third-order valence-corrected chi connectivity index (χ3v) is 6.08. The fourth-order valence-corrected chi connectivity index (χ4v) is 3.99. The highest BCUT2D eigenvalue weighted by Crippen LogP contribution is 2.24. The van der Waals surface area contributed by atoms with E-state index >= 15 is 0 Å². The summed E-state index contributed by atoms with van der Waals surface area (Å²) in [6, 6.07) is 14.6. The Balaban J connectivity index is 2.12. The summed E-state index contributed by atoms with van der Waals surface area (Å²) in [6.45, 7) is 7.78. The Morgan fingerprint density at radius 3 is 2.33 bits per heavy atom. The number of rotatable bonds is 8. The zero-order valence-corrected chi connectivity index (χ0v) is 20.1. The van der Waals surface area contributed by atoms with Crippen LogP contribution < -0.4 is 5.32 Å². The van der Waals surface area contributed by atoms with Crippen molar-refractivity contribution >= 4 is 46.8 Å². The number of nitrogens with one attached hydrogen (secondary N) is 1. The molecule has 0 aliphatic rings. The molecule has 2 aromatic rings. The van der Waals surface area contributed by atoms with E-state index in [0.29, 0.717) is 22.2 Å². The maximum atomic E-state index is 13.1. The molecule has 2 amide bonds. The minimum absolute atomic E-state index is 0.0823. The Labute approximate surface area is 193 Å². The van der Waals surface area contributed by atoms with Gasteiger partial charge in [-0.05, 0) is 57.5 Å². The van der Waals surface area contributed by atoms with Crippen LogP contribution in [-0.2, 0) is 16.1 Å². The molecule has 0 heterocycles. The van der Waals surface area contributed by atoms with Gasteiger partial charge in [-0.15, -0.1) is 11.8 Å². The highest BCUT2D eigenvalue weighted by molar-refractivity contribution is 7.99. The van der Waals surface area contributed by atoms with Gasteiger partial charge in [-0.25, -0.2) is 0 Å². The molecule has 0 aliphatic carbocycles. The molecule has 0 saturated carbocycles. The molecule has 0 aromatic heterocycles. The van der Waals surface area contributed by atoms with Gasteiger partial charge in [0.25, 0.3) is 0 Å². The van der Waals surface area contributed by atoms with Gasteiger partial charge in [-0.3, -0.25) is 9.59 Å². The Morgan fingerprint density at radius 1 is 1.07 bits per heavy atom. The fraction of sp³-hybridized carbons (Fsp3) is 0.391. The second-order valence-electron chi connectivity index (χ2n) is 8.10. The Bertz CT molecular complexity index is 869. The highest BCUT2D eigenvalue weighted by atomic mass is 35.5. The number of carbonyl (C=O) groups is 2. The lowest BCUT2D eigenvalue weighted by molar-refractivity contribution is -0.140. The third kappa shape index (κ3) is 7.86. The first-order valence-electron chi connectivity index (χ1n) is 9.80.